The third-order valence-corrected chi connectivity index (χ3v) is 7.69. The minimum Gasteiger partial charge on any atom is -0.380 e. The molecule has 2 saturated heterocycles. The molecule has 2 aliphatic carbocycles. The average molecular weight is 459 g/mol. The Morgan fingerprint density at radius 3 is 2.28 bits per heavy atom. The first-order valence-electron chi connectivity index (χ1n) is 11.5. The molecule has 2 heterocycles. The second-order valence-corrected chi connectivity index (χ2v) is 9.74. The lowest BCUT2D eigenvalue weighted by Gasteiger charge is -2.50. The van der Waals surface area contributed by atoms with Crippen molar-refractivity contribution in [1.82, 2.24) is 9.80 Å². The van der Waals surface area contributed by atoms with Crippen LogP contribution in [0.2, 0.25) is 0 Å². The molecule has 0 bridgehead atoms. The van der Waals surface area contributed by atoms with Crippen LogP contribution in [0.15, 0.2) is 0 Å². The number of piperazine rings is 1. The highest BCUT2D eigenvalue weighted by atomic mass is 19.4. The molecular weight excluding hydrogens is 430 g/mol. The van der Waals surface area contributed by atoms with Crippen LogP contribution in [0, 0.1) is 35.0 Å². The van der Waals surface area contributed by atoms with Crippen molar-refractivity contribution in [3.63, 3.8) is 0 Å². The number of hydrogen-bond donors (Lipinski definition) is 0. The first-order chi connectivity index (χ1) is 15.2. The number of carbonyl (C=O) groups is 2. The summed E-state index contributed by atoms with van der Waals surface area (Å²) in [7, 11) is 0. The van der Waals surface area contributed by atoms with Gasteiger partial charge in [0.25, 0.3) is 0 Å². The van der Waals surface area contributed by atoms with E-state index in [0.29, 0.717) is 38.9 Å². The molecule has 4 atom stereocenters. The number of rotatable bonds is 4. The third-order valence-electron chi connectivity index (χ3n) is 7.69. The Labute approximate surface area is 184 Å². The van der Waals surface area contributed by atoms with Crippen LogP contribution in [0.4, 0.5) is 17.6 Å². The SMILES string of the molecule is N#CC1CCC(N2CC(=O)N(CC3CCC(C(F)(F)F)CC3)C(C3COC3)C2=O)C(F)C1. The van der Waals surface area contributed by atoms with E-state index in [2.05, 4.69) is 6.07 Å². The zero-order chi connectivity index (χ0) is 23.0. The Kier molecular flexibility index (Phi) is 6.66. The predicted octanol–water partition coefficient (Wildman–Crippen LogP) is 3.07. The Morgan fingerprint density at radius 2 is 1.75 bits per heavy atom. The fraction of sp³-hybridized carbons (Fsp3) is 0.864. The molecule has 0 radical (unpaired) electrons. The largest absolute Gasteiger partial charge is 0.391 e. The summed E-state index contributed by atoms with van der Waals surface area (Å²) in [5.41, 5.74) is 0. The lowest BCUT2D eigenvalue weighted by Crippen LogP contribution is -2.68. The normalized spacial score (nSPS) is 37.2. The summed E-state index contributed by atoms with van der Waals surface area (Å²) in [6.45, 7) is 0.692. The van der Waals surface area contributed by atoms with Crippen LogP contribution < -0.4 is 0 Å². The number of amides is 2. The van der Waals surface area contributed by atoms with E-state index in [0.717, 1.165) is 0 Å². The second kappa shape index (κ2) is 9.16. The Balaban J connectivity index is 1.45. The van der Waals surface area contributed by atoms with Crippen LogP contribution in [0.5, 0.6) is 0 Å². The van der Waals surface area contributed by atoms with E-state index in [1.54, 1.807) is 0 Å². The maximum atomic E-state index is 14.8. The van der Waals surface area contributed by atoms with Crippen LogP contribution in [-0.4, -0.2) is 72.3 Å². The monoisotopic (exact) mass is 459 g/mol. The molecule has 0 N–H and O–H groups in total. The van der Waals surface area contributed by atoms with E-state index < -0.39 is 30.3 Å². The minimum atomic E-state index is -4.19. The van der Waals surface area contributed by atoms with Gasteiger partial charge in [0.1, 0.15) is 18.8 Å². The van der Waals surface area contributed by atoms with E-state index in [1.807, 2.05) is 0 Å². The molecule has 32 heavy (non-hydrogen) atoms. The van der Waals surface area contributed by atoms with Gasteiger partial charge >= 0.3 is 6.18 Å². The maximum absolute atomic E-state index is 14.8. The highest BCUT2D eigenvalue weighted by molar-refractivity contribution is 5.95. The quantitative estimate of drug-likeness (QED) is 0.606. The predicted molar refractivity (Wildman–Crippen MR) is 105 cm³/mol. The molecule has 2 saturated carbocycles. The fourth-order valence-electron chi connectivity index (χ4n) is 5.68. The molecule has 6 nitrogen and oxygen atoms in total. The molecule has 4 unspecified atom stereocenters. The topological polar surface area (TPSA) is 73.6 Å². The van der Waals surface area contributed by atoms with Crippen LogP contribution in [0.25, 0.3) is 0 Å². The molecule has 4 rings (SSSR count). The Bertz CT molecular complexity index is 759. The van der Waals surface area contributed by atoms with Gasteiger partial charge in [-0.25, -0.2) is 4.39 Å². The van der Waals surface area contributed by atoms with Gasteiger partial charge in [-0.15, -0.1) is 0 Å². The van der Waals surface area contributed by atoms with Gasteiger partial charge in [0.05, 0.1) is 31.2 Å². The summed E-state index contributed by atoms with van der Waals surface area (Å²) in [4.78, 5) is 29.4. The third kappa shape index (κ3) is 4.59. The number of ether oxygens (including phenoxy) is 1. The second-order valence-electron chi connectivity index (χ2n) is 9.74. The first kappa shape index (κ1) is 23.3. The Hall–Kier alpha value is -1.89. The molecule has 4 aliphatic rings. The molecule has 2 aliphatic heterocycles. The summed E-state index contributed by atoms with van der Waals surface area (Å²) < 4.78 is 59.0. The van der Waals surface area contributed by atoms with Crippen molar-refractivity contribution in [3.05, 3.63) is 0 Å². The van der Waals surface area contributed by atoms with Gasteiger partial charge in [-0.2, -0.15) is 18.4 Å². The zero-order valence-corrected chi connectivity index (χ0v) is 17.9. The number of nitrogens with zero attached hydrogens (tertiary/aromatic N) is 3. The van der Waals surface area contributed by atoms with Gasteiger partial charge in [0.15, 0.2) is 0 Å². The van der Waals surface area contributed by atoms with E-state index in [1.165, 1.54) is 9.80 Å². The van der Waals surface area contributed by atoms with Gasteiger partial charge in [0.2, 0.25) is 11.8 Å². The van der Waals surface area contributed by atoms with E-state index in [4.69, 9.17) is 10.00 Å². The maximum Gasteiger partial charge on any atom is 0.391 e. The molecule has 2 amide bonds. The average Bonchev–Trinajstić information content (AvgIpc) is 2.71. The van der Waals surface area contributed by atoms with Crippen molar-refractivity contribution < 1.29 is 31.9 Å². The number of nitriles is 1. The number of carbonyl (C=O) groups excluding carboxylic acids is 2. The van der Waals surface area contributed by atoms with Crippen LogP contribution >= 0.6 is 0 Å². The number of halogens is 4. The standard InChI is InChI=1S/C22H29F4N3O3/c23-17-7-14(8-27)3-6-18(17)28-10-19(30)29(20(21(28)31)15-11-32-12-15)9-13-1-4-16(5-2-13)22(24,25)26/h13-18,20H,1-7,9-12H2. The van der Waals surface area contributed by atoms with Crippen LogP contribution in [0.3, 0.4) is 0 Å². The molecule has 0 aromatic heterocycles. The highest BCUT2D eigenvalue weighted by Crippen LogP contribution is 2.41. The first-order valence-corrected chi connectivity index (χ1v) is 11.5. The van der Waals surface area contributed by atoms with Crippen LogP contribution in [0.1, 0.15) is 44.9 Å². The van der Waals surface area contributed by atoms with Gasteiger partial charge in [0, 0.05) is 18.4 Å². The van der Waals surface area contributed by atoms with Crippen molar-refractivity contribution in [3.8, 4) is 6.07 Å². The van der Waals surface area contributed by atoms with Crippen molar-refractivity contribution in [2.24, 2.45) is 23.7 Å². The van der Waals surface area contributed by atoms with E-state index in [9.17, 15) is 27.2 Å². The summed E-state index contributed by atoms with van der Waals surface area (Å²) in [6, 6.07) is 0.606. The summed E-state index contributed by atoms with van der Waals surface area (Å²) in [6.07, 6.45) is -3.85. The van der Waals surface area contributed by atoms with Crippen molar-refractivity contribution >= 4 is 11.8 Å². The van der Waals surface area contributed by atoms with Crippen molar-refractivity contribution in [2.45, 2.75) is 69.4 Å². The van der Waals surface area contributed by atoms with E-state index >= 15 is 0 Å². The highest BCUT2D eigenvalue weighted by Gasteiger charge is 2.50. The van der Waals surface area contributed by atoms with Crippen molar-refractivity contribution in [1.29, 1.82) is 5.26 Å². The summed E-state index contributed by atoms with van der Waals surface area (Å²) >= 11 is 0. The van der Waals surface area contributed by atoms with Crippen molar-refractivity contribution in [2.75, 3.05) is 26.3 Å². The zero-order valence-electron chi connectivity index (χ0n) is 17.9. The number of hydrogen-bond acceptors (Lipinski definition) is 4. The molecular formula is C22H29F4N3O3. The van der Waals surface area contributed by atoms with E-state index in [-0.39, 0.29) is 61.9 Å². The Morgan fingerprint density at radius 1 is 1.06 bits per heavy atom. The van der Waals surface area contributed by atoms with Gasteiger partial charge in [-0.3, -0.25) is 9.59 Å². The smallest absolute Gasteiger partial charge is 0.380 e. The fourth-order valence-corrected chi connectivity index (χ4v) is 5.68. The van der Waals surface area contributed by atoms with Gasteiger partial charge < -0.3 is 14.5 Å². The molecule has 0 aromatic carbocycles. The lowest BCUT2D eigenvalue weighted by molar-refractivity contribution is -0.185. The molecule has 10 heteroatoms. The molecule has 0 spiro atoms. The molecule has 0 aromatic rings. The minimum absolute atomic E-state index is 0.0408. The van der Waals surface area contributed by atoms with Gasteiger partial charge in [-0.1, -0.05) is 0 Å². The molecule has 4 fully saturated rings. The summed E-state index contributed by atoms with van der Waals surface area (Å²) in [5.74, 6) is -2.53. The molecule has 178 valence electrons. The van der Waals surface area contributed by atoms with Gasteiger partial charge in [-0.05, 0) is 50.9 Å². The lowest BCUT2D eigenvalue weighted by atomic mass is 9.80. The van der Waals surface area contributed by atoms with Crippen LogP contribution in [-0.2, 0) is 14.3 Å². The number of alkyl halides is 4. The summed E-state index contributed by atoms with van der Waals surface area (Å²) in [5, 5.41) is 9.07.